The Bertz CT molecular complexity index is 912. The van der Waals surface area contributed by atoms with E-state index < -0.39 is 41.2 Å². The van der Waals surface area contributed by atoms with E-state index >= 15 is 0 Å². The first kappa shape index (κ1) is 19.8. The molecule has 1 fully saturated rings. The summed E-state index contributed by atoms with van der Waals surface area (Å²) in [6, 6.07) is 5.55. The van der Waals surface area contributed by atoms with Gasteiger partial charge in [0.05, 0.1) is 11.3 Å². The predicted molar refractivity (Wildman–Crippen MR) is 90.7 cm³/mol. The molecular formula is C19H15F5N2O2. The molecule has 1 saturated heterocycles. The van der Waals surface area contributed by atoms with Crippen LogP contribution in [0.4, 0.5) is 27.6 Å². The number of piperazine rings is 1. The van der Waals surface area contributed by atoms with Crippen molar-refractivity contribution in [3.8, 4) is 0 Å². The summed E-state index contributed by atoms with van der Waals surface area (Å²) in [6.07, 6.45) is -4.52. The third-order valence-electron chi connectivity index (χ3n) is 4.58. The van der Waals surface area contributed by atoms with Crippen molar-refractivity contribution in [3.05, 3.63) is 65.2 Å². The van der Waals surface area contributed by atoms with Crippen LogP contribution in [0.25, 0.3) is 0 Å². The normalized spacial score (nSPS) is 17.8. The van der Waals surface area contributed by atoms with E-state index in [4.69, 9.17) is 0 Å². The summed E-state index contributed by atoms with van der Waals surface area (Å²) in [5.41, 5.74) is -0.973. The minimum absolute atomic E-state index is 0.00839. The second-order valence-corrected chi connectivity index (χ2v) is 6.34. The van der Waals surface area contributed by atoms with Crippen LogP contribution in [0.2, 0.25) is 0 Å². The molecule has 3 rings (SSSR count). The summed E-state index contributed by atoms with van der Waals surface area (Å²) in [6.45, 7) is 1.46. The molecule has 0 spiro atoms. The number of alkyl halides is 3. The number of carbonyl (C=O) groups is 2. The van der Waals surface area contributed by atoms with Crippen LogP contribution < -0.4 is 4.90 Å². The Kier molecular flexibility index (Phi) is 5.10. The Morgan fingerprint density at radius 2 is 1.68 bits per heavy atom. The molecule has 1 aliphatic rings. The number of rotatable bonds is 2. The summed E-state index contributed by atoms with van der Waals surface area (Å²) in [7, 11) is 0. The van der Waals surface area contributed by atoms with Crippen molar-refractivity contribution in [2.75, 3.05) is 18.0 Å². The fourth-order valence-corrected chi connectivity index (χ4v) is 3.05. The number of anilines is 1. The Morgan fingerprint density at radius 3 is 2.25 bits per heavy atom. The standard InChI is InChI=1S/C19H15F5N2O2/c1-11-17(27)26(16-7-6-14(20)10-15(16)21)9-8-25(11)18(28)12-2-4-13(5-3-12)19(22,23)24/h2-7,10-11H,8-9H2,1H3/t11-/m0/s1. The Balaban J connectivity index is 1.79. The van der Waals surface area contributed by atoms with E-state index in [2.05, 4.69) is 0 Å². The molecule has 0 N–H and O–H groups in total. The fraction of sp³-hybridized carbons (Fsp3) is 0.263. The van der Waals surface area contributed by atoms with E-state index in [1.807, 2.05) is 0 Å². The van der Waals surface area contributed by atoms with Crippen LogP contribution in [0.5, 0.6) is 0 Å². The highest BCUT2D eigenvalue weighted by atomic mass is 19.4. The van der Waals surface area contributed by atoms with Gasteiger partial charge in [-0.3, -0.25) is 9.59 Å². The molecule has 0 bridgehead atoms. The maximum atomic E-state index is 14.0. The number of amides is 2. The van der Waals surface area contributed by atoms with E-state index in [1.165, 1.54) is 11.8 Å². The molecule has 148 valence electrons. The highest BCUT2D eigenvalue weighted by Gasteiger charge is 2.37. The molecule has 2 aromatic rings. The molecule has 0 radical (unpaired) electrons. The molecule has 1 atom stereocenters. The van der Waals surface area contributed by atoms with Crippen LogP contribution in [-0.2, 0) is 11.0 Å². The first-order chi connectivity index (χ1) is 13.1. The summed E-state index contributed by atoms with van der Waals surface area (Å²) < 4.78 is 65.0. The van der Waals surface area contributed by atoms with Gasteiger partial charge in [-0.25, -0.2) is 8.78 Å². The minimum Gasteiger partial charge on any atom is -0.325 e. The lowest BCUT2D eigenvalue weighted by Crippen LogP contribution is -2.58. The predicted octanol–water partition coefficient (Wildman–Crippen LogP) is 3.86. The van der Waals surface area contributed by atoms with Crippen molar-refractivity contribution in [1.82, 2.24) is 4.90 Å². The van der Waals surface area contributed by atoms with Crippen LogP contribution in [0.1, 0.15) is 22.8 Å². The lowest BCUT2D eigenvalue weighted by atomic mass is 10.1. The van der Waals surface area contributed by atoms with Crippen molar-refractivity contribution >= 4 is 17.5 Å². The summed E-state index contributed by atoms with van der Waals surface area (Å²) in [5, 5.41) is 0. The number of hydrogen-bond donors (Lipinski definition) is 0. The van der Waals surface area contributed by atoms with Crippen LogP contribution in [0, 0.1) is 11.6 Å². The van der Waals surface area contributed by atoms with Gasteiger partial charge in [-0.2, -0.15) is 13.2 Å². The van der Waals surface area contributed by atoms with Crippen LogP contribution >= 0.6 is 0 Å². The summed E-state index contributed by atoms with van der Waals surface area (Å²) in [4.78, 5) is 27.6. The van der Waals surface area contributed by atoms with Gasteiger partial charge in [-0.1, -0.05) is 0 Å². The molecule has 1 heterocycles. The topological polar surface area (TPSA) is 40.6 Å². The zero-order chi connectivity index (χ0) is 20.6. The first-order valence-corrected chi connectivity index (χ1v) is 8.34. The maximum absolute atomic E-state index is 14.0. The number of hydrogen-bond acceptors (Lipinski definition) is 2. The van der Waals surface area contributed by atoms with Crippen LogP contribution in [0.15, 0.2) is 42.5 Å². The smallest absolute Gasteiger partial charge is 0.325 e. The lowest BCUT2D eigenvalue weighted by Gasteiger charge is -2.39. The molecule has 0 saturated carbocycles. The molecule has 0 aromatic heterocycles. The molecule has 0 aliphatic carbocycles. The van der Waals surface area contributed by atoms with Gasteiger partial charge < -0.3 is 9.80 Å². The van der Waals surface area contributed by atoms with Gasteiger partial charge in [0.1, 0.15) is 17.7 Å². The second kappa shape index (κ2) is 7.21. The second-order valence-electron chi connectivity index (χ2n) is 6.34. The van der Waals surface area contributed by atoms with E-state index in [9.17, 15) is 31.5 Å². The van der Waals surface area contributed by atoms with Crippen molar-refractivity contribution in [2.45, 2.75) is 19.1 Å². The highest BCUT2D eigenvalue weighted by molar-refractivity contribution is 6.03. The zero-order valence-electron chi connectivity index (χ0n) is 14.6. The van der Waals surface area contributed by atoms with Gasteiger partial charge in [0, 0.05) is 24.7 Å². The van der Waals surface area contributed by atoms with Crippen molar-refractivity contribution in [2.24, 2.45) is 0 Å². The van der Waals surface area contributed by atoms with Crippen LogP contribution in [-0.4, -0.2) is 35.8 Å². The number of benzene rings is 2. The monoisotopic (exact) mass is 398 g/mol. The van der Waals surface area contributed by atoms with Crippen LogP contribution in [0.3, 0.4) is 0 Å². The molecule has 28 heavy (non-hydrogen) atoms. The lowest BCUT2D eigenvalue weighted by molar-refractivity contribution is -0.137. The van der Waals surface area contributed by atoms with E-state index in [0.29, 0.717) is 6.07 Å². The van der Waals surface area contributed by atoms with Crippen molar-refractivity contribution < 1.29 is 31.5 Å². The SMILES string of the molecule is C[C@H]1C(=O)N(c2ccc(F)cc2F)CCN1C(=O)c1ccc(C(F)(F)F)cc1. The van der Waals surface area contributed by atoms with Gasteiger partial charge >= 0.3 is 6.18 Å². The Morgan fingerprint density at radius 1 is 1.04 bits per heavy atom. The van der Waals surface area contributed by atoms with Gasteiger partial charge in [0.15, 0.2) is 0 Å². The average molecular weight is 398 g/mol. The molecule has 9 heteroatoms. The van der Waals surface area contributed by atoms with E-state index in [1.54, 1.807) is 0 Å². The molecule has 1 aliphatic heterocycles. The summed E-state index contributed by atoms with van der Waals surface area (Å²) >= 11 is 0. The van der Waals surface area contributed by atoms with E-state index in [0.717, 1.165) is 41.3 Å². The quantitative estimate of drug-likeness (QED) is 0.721. The molecule has 4 nitrogen and oxygen atoms in total. The fourth-order valence-electron chi connectivity index (χ4n) is 3.05. The van der Waals surface area contributed by atoms with Gasteiger partial charge in [0.25, 0.3) is 5.91 Å². The van der Waals surface area contributed by atoms with Gasteiger partial charge in [0.2, 0.25) is 5.91 Å². The Hall–Kier alpha value is -2.97. The third-order valence-corrected chi connectivity index (χ3v) is 4.58. The molecule has 0 unspecified atom stereocenters. The molecular weight excluding hydrogens is 383 g/mol. The number of carbonyl (C=O) groups excluding carboxylic acids is 2. The Labute approximate surface area is 157 Å². The molecule has 2 amide bonds. The minimum atomic E-state index is -4.52. The van der Waals surface area contributed by atoms with Gasteiger partial charge in [-0.05, 0) is 43.3 Å². The highest BCUT2D eigenvalue weighted by Crippen LogP contribution is 2.30. The average Bonchev–Trinajstić information content (AvgIpc) is 2.63. The third kappa shape index (κ3) is 3.69. The largest absolute Gasteiger partial charge is 0.416 e. The number of halogens is 5. The maximum Gasteiger partial charge on any atom is 0.416 e. The van der Waals surface area contributed by atoms with Crippen molar-refractivity contribution in [1.29, 1.82) is 0 Å². The molecule has 2 aromatic carbocycles. The zero-order valence-corrected chi connectivity index (χ0v) is 14.6. The van der Waals surface area contributed by atoms with Crippen molar-refractivity contribution in [3.63, 3.8) is 0 Å². The first-order valence-electron chi connectivity index (χ1n) is 8.34. The number of nitrogens with zero attached hydrogens (tertiary/aromatic N) is 2. The van der Waals surface area contributed by atoms with E-state index in [-0.39, 0.29) is 24.3 Å². The van der Waals surface area contributed by atoms with Gasteiger partial charge in [-0.15, -0.1) is 0 Å². The summed E-state index contributed by atoms with van der Waals surface area (Å²) in [5.74, 6) is -2.85.